The highest BCUT2D eigenvalue weighted by molar-refractivity contribution is 6.18. The first-order chi connectivity index (χ1) is 6.17. The molecule has 0 atom stereocenters. The summed E-state index contributed by atoms with van der Waals surface area (Å²) in [6.45, 7) is 3.73. The Morgan fingerprint density at radius 3 is 2.00 bits per heavy atom. The Morgan fingerprint density at radius 1 is 1.23 bits per heavy atom. The lowest BCUT2D eigenvalue weighted by Gasteiger charge is -2.26. The van der Waals surface area contributed by atoms with Crippen LogP contribution in [0.3, 0.4) is 0 Å². The number of carbonyl (C=O) groups excluding carboxylic acids is 1. The predicted molar refractivity (Wildman–Crippen MR) is 56.7 cm³/mol. The van der Waals surface area contributed by atoms with E-state index in [4.69, 9.17) is 23.2 Å². The zero-order valence-electron chi connectivity index (χ0n) is 8.09. The summed E-state index contributed by atoms with van der Waals surface area (Å²) in [7, 11) is 1.76. The van der Waals surface area contributed by atoms with Gasteiger partial charge in [0.25, 0.3) is 0 Å². The van der Waals surface area contributed by atoms with Gasteiger partial charge < -0.3 is 9.80 Å². The number of urea groups is 1. The molecule has 0 aliphatic rings. The van der Waals surface area contributed by atoms with Crippen LogP contribution < -0.4 is 0 Å². The first-order valence-electron chi connectivity index (χ1n) is 4.29. The number of hydrogen-bond acceptors (Lipinski definition) is 1. The highest BCUT2D eigenvalue weighted by Crippen LogP contribution is 1.98. The molecule has 0 heterocycles. The number of halogens is 2. The quantitative estimate of drug-likeness (QED) is 0.657. The van der Waals surface area contributed by atoms with Gasteiger partial charge in [-0.2, -0.15) is 0 Å². The van der Waals surface area contributed by atoms with E-state index >= 15 is 0 Å². The first kappa shape index (κ1) is 12.8. The molecule has 0 fully saturated rings. The van der Waals surface area contributed by atoms with Crippen LogP contribution in [0, 0.1) is 0 Å². The molecule has 0 aromatic carbocycles. The molecule has 0 bridgehead atoms. The third-order valence-electron chi connectivity index (χ3n) is 1.78. The summed E-state index contributed by atoms with van der Waals surface area (Å²) < 4.78 is 0. The second-order valence-electron chi connectivity index (χ2n) is 2.66. The summed E-state index contributed by atoms with van der Waals surface area (Å²) in [6, 6.07) is -0.0104. The molecular weight excluding hydrogens is 211 g/mol. The van der Waals surface area contributed by atoms with Crippen molar-refractivity contribution in [1.82, 2.24) is 9.80 Å². The van der Waals surface area contributed by atoms with Crippen molar-refractivity contribution in [3.63, 3.8) is 0 Å². The summed E-state index contributed by atoms with van der Waals surface area (Å²) >= 11 is 11.1. The lowest BCUT2D eigenvalue weighted by atomic mass is 10.5. The molecule has 5 heteroatoms. The molecule has 0 saturated heterocycles. The number of alkyl halides is 2. The number of amides is 2. The van der Waals surface area contributed by atoms with Crippen molar-refractivity contribution < 1.29 is 4.79 Å². The van der Waals surface area contributed by atoms with Gasteiger partial charge in [-0.15, -0.1) is 23.2 Å². The molecular formula is C8H16Cl2N2O. The molecule has 78 valence electrons. The molecule has 0 aromatic heterocycles. The molecule has 0 spiro atoms. The van der Waals surface area contributed by atoms with E-state index in [1.807, 2.05) is 6.92 Å². The summed E-state index contributed by atoms with van der Waals surface area (Å²) in [5, 5.41) is 0. The van der Waals surface area contributed by atoms with E-state index in [9.17, 15) is 4.79 Å². The molecule has 0 aromatic rings. The molecule has 0 aliphatic carbocycles. The number of carbonyl (C=O) groups is 1. The molecule has 3 nitrogen and oxygen atoms in total. The van der Waals surface area contributed by atoms with Crippen molar-refractivity contribution in [3.05, 3.63) is 0 Å². The van der Waals surface area contributed by atoms with Crippen LogP contribution in [0.25, 0.3) is 0 Å². The summed E-state index contributed by atoms with van der Waals surface area (Å²) in [5.74, 6) is 0.889. The van der Waals surface area contributed by atoms with Gasteiger partial charge in [-0.3, -0.25) is 0 Å². The minimum absolute atomic E-state index is 0.0104. The number of rotatable bonds is 5. The van der Waals surface area contributed by atoms with Crippen molar-refractivity contribution in [2.24, 2.45) is 0 Å². The van der Waals surface area contributed by atoms with E-state index < -0.39 is 0 Å². The maximum absolute atomic E-state index is 11.6. The maximum atomic E-state index is 11.6. The standard InChI is InChI=1S/C8H16Cl2N2O/c1-3-11(2)8(13)12(6-4-9)7-5-10/h3-7H2,1-2H3. The molecule has 13 heavy (non-hydrogen) atoms. The van der Waals surface area contributed by atoms with E-state index in [1.165, 1.54) is 0 Å². The van der Waals surface area contributed by atoms with Crippen molar-refractivity contribution in [2.75, 3.05) is 38.4 Å². The molecule has 0 unspecified atom stereocenters. The van der Waals surface area contributed by atoms with Gasteiger partial charge in [0, 0.05) is 38.4 Å². The molecule has 0 saturated carbocycles. The average Bonchev–Trinajstić information content (AvgIpc) is 2.15. The van der Waals surface area contributed by atoms with E-state index in [0.29, 0.717) is 31.4 Å². The van der Waals surface area contributed by atoms with Gasteiger partial charge in [-0.05, 0) is 6.92 Å². The lowest BCUT2D eigenvalue weighted by molar-refractivity contribution is 0.170. The van der Waals surface area contributed by atoms with Gasteiger partial charge in [-0.25, -0.2) is 4.79 Å². The van der Waals surface area contributed by atoms with Crippen LogP contribution in [0.4, 0.5) is 4.79 Å². The van der Waals surface area contributed by atoms with Gasteiger partial charge in [-0.1, -0.05) is 0 Å². The van der Waals surface area contributed by atoms with Crippen LogP contribution in [0.5, 0.6) is 0 Å². The van der Waals surface area contributed by atoms with Crippen molar-refractivity contribution >= 4 is 29.2 Å². The van der Waals surface area contributed by atoms with Gasteiger partial charge >= 0.3 is 6.03 Å². The van der Waals surface area contributed by atoms with E-state index in [-0.39, 0.29) is 6.03 Å². The minimum Gasteiger partial charge on any atom is -0.328 e. The van der Waals surface area contributed by atoms with E-state index in [1.54, 1.807) is 16.8 Å². The monoisotopic (exact) mass is 226 g/mol. The van der Waals surface area contributed by atoms with E-state index in [0.717, 1.165) is 0 Å². The molecule has 0 rings (SSSR count). The Kier molecular flexibility index (Phi) is 7.19. The molecule has 2 amide bonds. The van der Waals surface area contributed by atoms with Crippen LogP contribution in [0.15, 0.2) is 0 Å². The normalized spacial score (nSPS) is 9.85. The van der Waals surface area contributed by atoms with Gasteiger partial charge in [0.2, 0.25) is 0 Å². The fraction of sp³-hybridized carbons (Fsp3) is 0.875. The predicted octanol–water partition coefficient (Wildman–Crippen LogP) is 1.84. The Morgan fingerprint density at radius 2 is 1.69 bits per heavy atom. The summed E-state index contributed by atoms with van der Waals surface area (Å²) in [4.78, 5) is 14.9. The van der Waals surface area contributed by atoms with Crippen molar-refractivity contribution in [1.29, 1.82) is 0 Å². The largest absolute Gasteiger partial charge is 0.328 e. The van der Waals surface area contributed by atoms with E-state index in [2.05, 4.69) is 0 Å². The van der Waals surface area contributed by atoms with Crippen LogP contribution in [-0.2, 0) is 0 Å². The highest BCUT2D eigenvalue weighted by atomic mass is 35.5. The lowest BCUT2D eigenvalue weighted by Crippen LogP contribution is -2.42. The zero-order chi connectivity index (χ0) is 10.3. The van der Waals surface area contributed by atoms with Crippen molar-refractivity contribution in [2.45, 2.75) is 6.92 Å². The third kappa shape index (κ3) is 4.58. The second-order valence-corrected chi connectivity index (χ2v) is 3.42. The SMILES string of the molecule is CCN(C)C(=O)N(CCCl)CCCl. The summed E-state index contributed by atoms with van der Waals surface area (Å²) in [5.41, 5.74) is 0. The molecule has 0 N–H and O–H groups in total. The maximum Gasteiger partial charge on any atom is 0.319 e. The minimum atomic E-state index is -0.0104. The third-order valence-corrected chi connectivity index (χ3v) is 2.12. The number of hydrogen-bond donors (Lipinski definition) is 0. The second kappa shape index (κ2) is 7.27. The average molecular weight is 227 g/mol. The first-order valence-corrected chi connectivity index (χ1v) is 5.36. The van der Waals surface area contributed by atoms with Crippen LogP contribution >= 0.6 is 23.2 Å². The Hall–Kier alpha value is -0.150. The Labute approximate surface area is 89.6 Å². The van der Waals surface area contributed by atoms with Crippen molar-refractivity contribution in [3.8, 4) is 0 Å². The fourth-order valence-corrected chi connectivity index (χ4v) is 1.29. The van der Waals surface area contributed by atoms with Gasteiger partial charge in [0.15, 0.2) is 0 Å². The Bertz CT molecular complexity index is 149. The van der Waals surface area contributed by atoms with Crippen LogP contribution in [-0.4, -0.2) is 54.3 Å². The molecule has 0 aliphatic heterocycles. The number of nitrogens with zero attached hydrogens (tertiary/aromatic N) is 2. The van der Waals surface area contributed by atoms with Crippen LogP contribution in [0.1, 0.15) is 6.92 Å². The van der Waals surface area contributed by atoms with Crippen LogP contribution in [0.2, 0.25) is 0 Å². The smallest absolute Gasteiger partial charge is 0.319 e. The fourth-order valence-electron chi connectivity index (χ4n) is 0.884. The van der Waals surface area contributed by atoms with Gasteiger partial charge in [0.05, 0.1) is 0 Å². The van der Waals surface area contributed by atoms with Gasteiger partial charge in [0.1, 0.15) is 0 Å². The Balaban J connectivity index is 4.09. The highest BCUT2D eigenvalue weighted by Gasteiger charge is 2.14. The summed E-state index contributed by atoms with van der Waals surface area (Å²) in [6.07, 6.45) is 0. The topological polar surface area (TPSA) is 23.6 Å². The zero-order valence-corrected chi connectivity index (χ0v) is 9.61. The molecule has 0 radical (unpaired) electrons.